The summed E-state index contributed by atoms with van der Waals surface area (Å²) in [4.78, 5) is 14.6. The molecule has 18 heavy (non-hydrogen) atoms. The van der Waals surface area contributed by atoms with Gasteiger partial charge in [-0.15, -0.1) is 5.10 Å². The van der Waals surface area contributed by atoms with Crippen molar-refractivity contribution < 1.29 is 9.90 Å². The van der Waals surface area contributed by atoms with Gasteiger partial charge < -0.3 is 5.11 Å². The van der Waals surface area contributed by atoms with Gasteiger partial charge in [-0.05, 0) is 18.2 Å². The molecule has 2 aromatic rings. The van der Waals surface area contributed by atoms with E-state index < -0.39 is 5.97 Å². The minimum atomic E-state index is -0.906. The third kappa shape index (κ3) is 3.47. The molecule has 0 aliphatic heterocycles. The van der Waals surface area contributed by atoms with Crippen molar-refractivity contribution >= 4 is 45.3 Å². The first-order chi connectivity index (χ1) is 8.54. The number of benzene rings is 1. The molecule has 0 atom stereocenters. The Labute approximate surface area is 120 Å². The van der Waals surface area contributed by atoms with Gasteiger partial charge in [-0.25, -0.2) is 4.98 Å². The molecule has 5 nitrogen and oxygen atoms in total. The van der Waals surface area contributed by atoms with Gasteiger partial charge in [0.2, 0.25) is 5.16 Å². The first kappa shape index (κ1) is 13.4. The predicted molar refractivity (Wildman–Crippen MR) is 72.9 cm³/mol. The number of hydrogen-bond acceptors (Lipinski definition) is 4. The highest BCUT2D eigenvalue weighted by Gasteiger charge is 2.09. The lowest BCUT2D eigenvalue weighted by atomic mass is 10.2. The van der Waals surface area contributed by atoms with E-state index in [1.807, 2.05) is 6.07 Å². The number of carboxylic acid groups (broad SMARTS) is 1. The lowest BCUT2D eigenvalue weighted by Gasteiger charge is -1.98. The number of aromatic amines is 1. The van der Waals surface area contributed by atoms with Gasteiger partial charge in [0.1, 0.15) is 0 Å². The number of nitrogens with zero attached hydrogens (tertiary/aromatic N) is 2. The Morgan fingerprint density at radius 1 is 1.50 bits per heavy atom. The van der Waals surface area contributed by atoms with Crippen LogP contribution in [-0.4, -0.2) is 32.0 Å². The number of aromatic nitrogens is 3. The second-order valence-electron chi connectivity index (χ2n) is 3.31. The van der Waals surface area contributed by atoms with Crippen LogP contribution in [0.3, 0.4) is 0 Å². The molecule has 1 heterocycles. The third-order valence-corrected chi connectivity index (χ3v) is 3.43. The Balaban J connectivity index is 2.21. The van der Waals surface area contributed by atoms with Gasteiger partial charge in [0.15, 0.2) is 5.82 Å². The highest BCUT2D eigenvalue weighted by atomic mass is 79.9. The van der Waals surface area contributed by atoms with Crippen molar-refractivity contribution in [2.45, 2.75) is 5.16 Å². The number of rotatable bonds is 4. The molecule has 0 spiro atoms. The molecule has 0 aliphatic rings. The molecule has 8 heteroatoms. The molecule has 0 aliphatic carbocycles. The smallest absolute Gasteiger partial charge is 0.313 e. The zero-order valence-corrected chi connectivity index (χ0v) is 12.0. The minimum absolute atomic E-state index is 0.0729. The van der Waals surface area contributed by atoms with Crippen LogP contribution in [-0.2, 0) is 4.79 Å². The molecule has 1 aromatic carbocycles. The van der Waals surface area contributed by atoms with E-state index in [0.29, 0.717) is 16.0 Å². The summed E-state index contributed by atoms with van der Waals surface area (Å²) < 4.78 is 0.834. The highest BCUT2D eigenvalue weighted by molar-refractivity contribution is 9.10. The monoisotopic (exact) mass is 347 g/mol. The van der Waals surface area contributed by atoms with Crippen LogP contribution in [0.4, 0.5) is 0 Å². The average Bonchev–Trinajstić information content (AvgIpc) is 2.73. The number of aliphatic carboxylic acids is 1. The Kier molecular flexibility index (Phi) is 4.26. The maximum atomic E-state index is 10.4. The fraction of sp³-hybridized carbons (Fsp3) is 0.100. The van der Waals surface area contributed by atoms with Crippen molar-refractivity contribution in [3.8, 4) is 11.4 Å². The van der Waals surface area contributed by atoms with Crippen LogP contribution in [0.15, 0.2) is 27.8 Å². The number of halogens is 2. The molecule has 0 unspecified atom stereocenters. The molecule has 0 amide bonds. The zero-order chi connectivity index (χ0) is 13.1. The van der Waals surface area contributed by atoms with Crippen molar-refractivity contribution in [1.29, 1.82) is 0 Å². The van der Waals surface area contributed by atoms with Crippen LogP contribution >= 0.6 is 39.3 Å². The van der Waals surface area contributed by atoms with E-state index in [0.717, 1.165) is 21.8 Å². The standard InChI is InChI=1S/C10H7BrClN3O2S/c11-6-1-5(2-7(12)3-6)9-13-10(15-14-9)18-4-8(16)17/h1-3H,4H2,(H,16,17)(H,13,14,15). The van der Waals surface area contributed by atoms with Crippen molar-refractivity contribution in [2.24, 2.45) is 0 Å². The van der Waals surface area contributed by atoms with Crippen LogP contribution < -0.4 is 0 Å². The van der Waals surface area contributed by atoms with Gasteiger partial charge in [-0.3, -0.25) is 9.89 Å². The molecule has 0 fully saturated rings. The van der Waals surface area contributed by atoms with Gasteiger partial charge in [0.25, 0.3) is 0 Å². The van der Waals surface area contributed by atoms with E-state index in [9.17, 15) is 4.79 Å². The topological polar surface area (TPSA) is 78.9 Å². The van der Waals surface area contributed by atoms with E-state index in [1.54, 1.807) is 12.1 Å². The summed E-state index contributed by atoms with van der Waals surface area (Å²) in [5.74, 6) is -0.431. The summed E-state index contributed by atoms with van der Waals surface area (Å²) in [6.45, 7) is 0. The molecule has 2 N–H and O–H groups in total. The summed E-state index contributed by atoms with van der Waals surface area (Å²) in [7, 11) is 0. The Morgan fingerprint density at radius 3 is 2.94 bits per heavy atom. The van der Waals surface area contributed by atoms with Gasteiger partial charge >= 0.3 is 5.97 Å². The van der Waals surface area contributed by atoms with Gasteiger partial charge in [-0.2, -0.15) is 0 Å². The molecule has 94 valence electrons. The largest absolute Gasteiger partial charge is 0.481 e. The van der Waals surface area contributed by atoms with Crippen molar-refractivity contribution in [3.05, 3.63) is 27.7 Å². The number of nitrogens with one attached hydrogen (secondary N) is 1. The van der Waals surface area contributed by atoms with Crippen LogP contribution in [0.5, 0.6) is 0 Å². The summed E-state index contributed by atoms with van der Waals surface area (Å²) in [5, 5.41) is 16.2. The first-order valence-electron chi connectivity index (χ1n) is 4.78. The number of H-pyrrole nitrogens is 1. The first-order valence-corrected chi connectivity index (χ1v) is 6.94. The van der Waals surface area contributed by atoms with Crippen molar-refractivity contribution in [1.82, 2.24) is 15.2 Å². The van der Waals surface area contributed by atoms with E-state index in [2.05, 4.69) is 31.1 Å². The second kappa shape index (κ2) is 5.73. The number of carboxylic acids is 1. The summed E-state index contributed by atoms with van der Waals surface area (Å²) in [6, 6.07) is 5.36. The van der Waals surface area contributed by atoms with Crippen molar-refractivity contribution in [3.63, 3.8) is 0 Å². The lowest BCUT2D eigenvalue weighted by Crippen LogP contribution is -1.97. The van der Waals surface area contributed by atoms with E-state index in [-0.39, 0.29) is 5.75 Å². The average molecular weight is 349 g/mol. The third-order valence-electron chi connectivity index (χ3n) is 1.93. The second-order valence-corrected chi connectivity index (χ2v) is 5.60. The molecule has 0 saturated carbocycles. The molecule has 1 aromatic heterocycles. The Bertz CT molecular complexity index is 570. The fourth-order valence-corrected chi connectivity index (χ4v) is 2.64. The molecule has 0 saturated heterocycles. The normalized spacial score (nSPS) is 10.6. The van der Waals surface area contributed by atoms with Gasteiger partial charge in [0, 0.05) is 15.1 Å². The number of hydrogen-bond donors (Lipinski definition) is 2. The van der Waals surface area contributed by atoms with Gasteiger partial charge in [0.05, 0.1) is 5.75 Å². The van der Waals surface area contributed by atoms with Crippen LogP contribution in [0.2, 0.25) is 5.02 Å². The number of thioether (sulfide) groups is 1. The summed E-state index contributed by atoms with van der Waals surface area (Å²) in [5.41, 5.74) is 0.782. The molecule has 0 radical (unpaired) electrons. The molecular formula is C10H7BrClN3O2S. The summed E-state index contributed by atoms with van der Waals surface area (Å²) >= 11 is 10.3. The maximum absolute atomic E-state index is 10.4. The quantitative estimate of drug-likeness (QED) is 0.830. The molecular weight excluding hydrogens is 342 g/mol. The SMILES string of the molecule is O=C(O)CSc1n[nH]c(-c2cc(Cl)cc(Br)c2)n1. The highest BCUT2D eigenvalue weighted by Crippen LogP contribution is 2.26. The lowest BCUT2D eigenvalue weighted by molar-refractivity contribution is -0.133. The fourth-order valence-electron chi connectivity index (χ4n) is 1.26. The van der Waals surface area contributed by atoms with E-state index in [4.69, 9.17) is 16.7 Å². The Morgan fingerprint density at radius 2 is 2.28 bits per heavy atom. The van der Waals surface area contributed by atoms with E-state index in [1.165, 1.54) is 0 Å². The van der Waals surface area contributed by atoms with Crippen molar-refractivity contribution in [2.75, 3.05) is 5.75 Å². The van der Waals surface area contributed by atoms with E-state index >= 15 is 0 Å². The molecule has 2 rings (SSSR count). The maximum Gasteiger partial charge on any atom is 0.313 e. The minimum Gasteiger partial charge on any atom is -0.481 e. The number of carbonyl (C=O) groups is 1. The van der Waals surface area contributed by atoms with Crippen LogP contribution in [0, 0.1) is 0 Å². The predicted octanol–water partition coefficient (Wildman–Crippen LogP) is 3.06. The Hall–Kier alpha value is -1.05. The van der Waals surface area contributed by atoms with Crippen LogP contribution in [0.1, 0.15) is 0 Å². The summed E-state index contributed by atoms with van der Waals surface area (Å²) in [6.07, 6.45) is 0. The molecule has 0 bridgehead atoms. The van der Waals surface area contributed by atoms with Gasteiger partial charge in [-0.1, -0.05) is 39.3 Å². The zero-order valence-electron chi connectivity index (χ0n) is 8.85. The van der Waals surface area contributed by atoms with Crippen LogP contribution in [0.25, 0.3) is 11.4 Å².